The van der Waals surface area contributed by atoms with Gasteiger partial charge in [0.05, 0.1) is 24.8 Å². The number of carbonyl (C=O) groups is 1. The summed E-state index contributed by atoms with van der Waals surface area (Å²) < 4.78 is 10.1. The Morgan fingerprint density at radius 1 is 1.16 bits per heavy atom. The quantitative estimate of drug-likeness (QED) is 0.652. The summed E-state index contributed by atoms with van der Waals surface area (Å²) in [7, 11) is 3.29. The minimum absolute atomic E-state index is 0.0119. The molecule has 0 saturated heterocycles. The van der Waals surface area contributed by atoms with Crippen LogP contribution in [0.3, 0.4) is 0 Å². The average Bonchev–Trinajstić information content (AvgIpc) is 2.42. The number of carbonyl (C=O) groups excluding carboxylic acids is 1. The second kappa shape index (κ2) is 9.04. The van der Waals surface area contributed by atoms with Crippen LogP contribution in [0, 0.1) is 0 Å². The van der Waals surface area contributed by atoms with Crippen LogP contribution in [-0.4, -0.2) is 57.8 Å². The molecule has 0 bridgehead atoms. The lowest BCUT2D eigenvalue weighted by Gasteiger charge is -2.20. The Labute approximate surface area is 119 Å². The lowest BCUT2D eigenvalue weighted by Crippen LogP contribution is -2.35. The number of ketones is 1. The van der Waals surface area contributed by atoms with Gasteiger partial charge in [0.2, 0.25) is 0 Å². The zero-order valence-corrected chi connectivity index (χ0v) is 12.2. The second-order valence-electron chi connectivity index (χ2n) is 4.16. The number of benzene rings is 1. The SMILES string of the molecule is COCCN(CCOC)CC(=O)c1ccccc1Cl. The molecule has 0 aliphatic rings. The smallest absolute Gasteiger partial charge is 0.178 e. The molecule has 0 aliphatic heterocycles. The van der Waals surface area contributed by atoms with E-state index in [1.807, 2.05) is 17.0 Å². The first kappa shape index (κ1) is 16.1. The van der Waals surface area contributed by atoms with Crippen LogP contribution >= 0.6 is 11.6 Å². The number of hydrogen-bond donors (Lipinski definition) is 0. The van der Waals surface area contributed by atoms with Crippen molar-refractivity contribution in [1.29, 1.82) is 0 Å². The first-order chi connectivity index (χ1) is 9.19. The number of nitrogens with zero attached hydrogens (tertiary/aromatic N) is 1. The zero-order valence-electron chi connectivity index (χ0n) is 11.4. The second-order valence-corrected chi connectivity index (χ2v) is 4.57. The lowest BCUT2D eigenvalue weighted by molar-refractivity contribution is 0.0837. The third-order valence-corrected chi connectivity index (χ3v) is 3.09. The van der Waals surface area contributed by atoms with E-state index in [1.54, 1.807) is 26.4 Å². The van der Waals surface area contributed by atoms with Gasteiger partial charge in [0, 0.05) is 32.9 Å². The molecule has 0 N–H and O–H groups in total. The maximum atomic E-state index is 12.2. The first-order valence-electron chi connectivity index (χ1n) is 6.17. The third-order valence-electron chi connectivity index (χ3n) is 2.76. The maximum absolute atomic E-state index is 12.2. The molecule has 0 aromatic heterocycles. The van der Waals surface area contributed by atoms with Gasteiger partial charge in [-0.15, -0.1) is 0 Å². The van der Waals surface area contributed by atoms with E-state index >= 15 is 0 Å². The van der Waals surface area contributed by atoms with Crippen LogP contribution in [0.2, 0.25) is 5.02 Å². The van der Waals surface area contributed by atoms with Crippen LogP contribution in [0.15, 0.2) is 24.3 Å². The van der Waals surface area contributed by atoms with Crippen LogP contribution in [0.25, 0.3) is 0 Å². The highest BCUT2D eigenvalue weighted by atomic mass is 35.5. The van der Waals surface area contributed by atoms with Gasteiger partial charge in [-0.3, -0.25) is 9.69 Å². The molecule has 0 radical (unpaired) electrons. The van der Waals surface area contributed by atoms with Crippen molar-refractivity contribution < 1.29 is 14.3 Å². The summed E-state index contributed by atoms with van der Waals surface area (Å²) in [6.45, 7) is 2.86. The minimum Gasteiger partial charge on any atom is -0.383 e. The minimum atomic E-state index is 0.0119. The van der Waals surface area contributed by atoms with Gasteiger partial charge in [0.1, 0.15) is 0 Å². The van der Waals surface area contributed by atoms with E-state index < -0.39 is 0 Å². The number of hydrogen-bond acceptors (Lipinski definition) is 4. The average molecular weight is 286 g/mol. The highest BCUT2D eigenvalue weighted by Crippen LogP contribution is 2.15. The summed E-state index contributed by atoms with van der Waals surface area (Å²) in [5.41, 5.74) is 0.559. The molecule has 106 valence electrons. The van der Waals surface area contributed by atoms with Crippen molar-refractivity contribution in [2.45, 2.75) is 0 Å². The summed E-state index contributed by atoms with van der Waals surface area (Å²) in [6.07, 6.45) is 0. The molecule has 4 nitrogen and oxygen atoms in total. The van der Waals surface area contributed by atoms with E-state index in [-0.39, 0.29) is 5.78 Å². The zero-order chi connectivity index (χ0) is 14.1. The highest BCUT2D eigenvalue weighted by Gasteiger charge is 2.14. The van der Waals surface area contributed by atoms with Crippen molar-refractivity contribution in [2.24, 2.45) is 0 Å². The molecule has 19 heavy (non-hydrogen) atoms. The number of methoxy groups -OCH3 is 2. The number of rotatable bonds is 9. The fourth-order valence-corrected chi connectivity index (χ4v) is 1.93. The number of ether oxygens (including phenoxy) is 2. The van der Waals surface area contributed by atoms with E-state index in [9.17, 15) is 4.79 Å². The lowest BCUT2D eigenvalue weighted by atomic mass is 10.1. The van der Waals surface area contributed by atoms with Crippen LogP contribution < -0.4 is 0 Å². The Morgan fingerprint density at radius 3 is 2.26 bits per heavy atom. The summed E-state index contributed by atoms with van der Waals surface area (Å²) in [6, 6.07) is 7.10. The molecule has 0 amide bonds. The van der Waals surface area contributed by atoms with Gasteiger partial charge in [0.25, 0.3) is 0 Å². The molecule has 1 rings (SSSR count). The van der Waals surface area contributed by atoms with E-state index in [0.717, 1.165) is 0 Å². The van der Waals surface area contributed by atoms with E-state index in [1.165, 1.54) is 0 Å². The summed E-state index contributed by atoms with van der Waals surface area (Å²) >= 11 is 6.02. The Balaban J connectivity index is 2.61. The molecular weight excluding hydrogens is 266 g/mol. The van der Waals surface area contributed by atoms with Crippen LogP contribution in [0.4, 0.5) is 0 Å². The van der Waals surface area contributed by atoms with Crippen molar-refractivity contribution in [3.05, 3.63) is 34.9 Å². The van der Waals surface area contributed by atoms with Crippen molar-refractivity contribution in [3.63, 3.8) is 0 Å². The topological polar surface area (TPSA) is 38.8 Å². The van der Waals surface area contributed by atoms with Gasteiger partial charge in [0.15, 0.2) is 5.78 Å². The fourth-order valence-electron chi connectivity index (χ4n) is 1.69. The van der Waals surface area contributed by atoms with Crippen molar-refractivity contribution in [1.82, 2.24) is 4.90 Å². The largest absolute Gasteiger partial charge is 0.383 e. The van der Waals surface area contributed by atoms with E-state index in [0.29, 0.717) is 43.4 Å². The molecule has 0 unspecified atom stereocenters. The standard InChI is InChI=1S/C14H20ClNO3/c1-18-9-7-16(8-10-19-2)11-14(17)12-5-3-4-6-13(12)15/h3-6H,7-11H2,1-2H3. The summed E-state index contributed by atoms with van der Waals surface area (Å²) in [5, 5.41) is 0.492. The molecular formula is C14H20ClNO3. The highest BCUT2D eigenvalue weighted by molar-refractivity contribution is 6.34. The number of Topliss-reactive ketones (excluding diaryl/α,β-unsaturated/α-hetero) is 1. The molecule has 0 atom stereocenters. The van der Waals surface area contributed by atoms with Gasteiger partial charge in [-0.05, 0) is 12.1 Å². The normalized spacial score (nSPS) is 10.9. The van der Waals surface area contributed by atoms with Gasteiger partial charge >= 0.3 is 0 Å². The van der Waals surface area contributed by atoms with Crippen LogP contribution in [0.1, 0.15) is 10.4 Å². The molecule has 1 aromatic rings. The fraction of sp³-hybridized carbons (Fsp3) is 0.500. The van der Waals surface area contributed by atoms with Crippen molar-refractivity contribution in [3.8, 4) is 0 Å². The third kappa shape index (κ3) is 5.70. The molecule has 0 aliphatic carbocycles. The van der Waals surface area contributed by atoms with Crippen LogP contribution in [0.5, 0.6) is 0 Å². The summed E-state index contributed by atoms with van der Waals surface area (Å²) in [5.74, 6) is 0.0119. The van der Waals surface area contributed by atoms with E-state index in [2.05, 4.69) is 0 Å². The molecule has 0 saturated carbocycles. The number of halogens is 1. The van der Waals surface area contributed by atoms with Gasteiger partial charge in [-0.2, -0.15) is 0 Å². The maximum Gasteiger partial charge on any atom is 0.178 e. The monoisotopic (exact) mass is 285 g/mol. The van der Waals surface area contributed by atoms with Crippen molar-refractivity contribution >= 4 is 17.4 Å². The van der Waals surface area contributed by atoms with Crippen LogP contribution in [-0.2, 0) is 9.47 Å². The Morgan fingerprint density at radius 2 is 1.74 bits per heavy atom. The summed E-state index contributed by atoms with van der Waals surface area (Å²) in [4.78, 5) is 14.2. The van der Waals surface area contributed by atoms with E-state index in [4.69, 9.17) is 21.1 Å². The predicted molar refractivity (Wildman–Crippen MR) is 76.0 cm³/mol. The Bertz CT molecular complexity index is 390. The molecule has 0 fully saturated rings. The van der Waals surface area contributed by atoms with Gasteiger partial charge in [-0.1, -0.05) is 23.7 Å². The molecule has 0 heterocycles. The predicted octanol–water partition coefficient (Wildman–Crippen LogP) is 2.12. The van der Waals surface area contributed by atoms with Crippen molar-refractivity contribution in [2.75, 3.05) is 47.1 Å². The van der Waals surface area contributed by atoms with Gasteiger partial charge < -0.3 is 9.47 Å². The Hall–Kier alpha value is -0.940. The molecule has 1 aromatic carbocycles. The molecule has 0 spiro atoms. The Kier molecular flexibility index (Phi) is 7.67. The molecule has 5 heteroatoms. The first-order valence-corrected chi connectivity index (χ1v) is 6.54. The van der Waals surface area contributed by atoms with Gasteiger partial charge in [-0.25, -0.2) is 0 Å².